The van der Waals surface area contributed by atoms with Crippen molar-refractivity contribution in [3.05, 3.63) is 0 Å². The Hall–Kier alpha value is -1.10. The standard InChI is InChI=1S/C9H16N2O3/c1-6(10-2)8(12)11-5-3-4-7(11)9(13)14/h6-7,10H,3-5H2,1-2H3,(H,13,14)/t6-,7-/m0/s1. The molecule has 1 saturated heterocycles. The van der Waals surface area contributed by atoms with Gasteiger partial charge in [-0.1, -0.05) is 0 Å². The van der Waals surface area contributed by atoms with Crippen LogP contribution < -0.4 is 5.32 Å². The van der Waals surface area contributed by atoms with Crippen molar-refractivity contribution in [2.75, 3.05) is 13.6 Å². The molecule has 1 amide bonds. The molecule has 2 atom stereocenters. The summed E-state index contributed by atoms with van der Waals surface area (Å²) in [4.78, 5) is 24.0. The molecule has 1 heterocycles. The summed E-state index contributed by atoms with van der Waals surface area (Å²) in [6.07, 6.45) is 1.34. The maximum absolute atomic E-state index is 11.7. The summed E-state index contributed by atoms with van der Waals surface area (Å²) in [7, 11) is 1.69. The zero-order valence-electron chi connectivity index (χ0n) is 8.49. The smallest absolute Gasteiger partial charge is 0.326 e. The molecule has 80 valence electrons. The summed E-state index contributed by atoms with van der Waals surface area (Å²) in [5.74, 6) is -1.03. The molecule has 1 fully saturated rings. The van der Waals surface area contributed by atoms with Crippen molar-refractivity contribution >= 4 is 11.9 Å². The summed E-state index contributed by atoms with van der Waals surface area (Å²) in [6, 6.07) is -0.937. The van der Waals surface area contributed by atoms with Crippen LogP contribution in [0.1, 0.15) is 19.8 Å². The predicted octanol–water partition coefficient (Wildman–Crippen LogP) is -0.330. The number of nitrogens with one attached hydrogen (secondary N) is 1. The van der Waals surface area contributed by atoms with Crippen LogP contribution in [0.2, 0.25) is 0 Å². The minimum Gasteiger partial charge on any atom is -0.480 e. The predicted molar refractivity (Wildman–Crippen MR) is 50.9 cm³/mol. The van der Waals surface area contributed by atoms with Gasteiger partial charge in [0, 0.05) is 6.54 Å². The number of carboxylic acid groups (broad SMARTS) is 1. The minimum atomic E-state index is -0.904. The Morgan fingerprint density at radius 2 is 2.21 bits per heavy atom. The lowest BCUT2D eigenvalue weighted by Crippen LogP contribution is -2.48. The zero-order chi connectivity index (χ0) is 10.7. The minimum absolute atomic E-state index is 0.127. The van der Waals surface area contributed by atoms with E-state index in [0.29, 0.717) is 13.0 Å². The molecule has 14 heavy (non-hydrogen) atoms. The highest BCUT2D eigenvalue weighted by molar-refractivity contribution is 5.87. The van der Waals surface area contributed by atoms with Gasteiger partial charge in [-0.3, -0.25) is 4.79 Å². The number of nitrogens with zero attached hydrogens (tertiary/aromatic N) is 1. The molecular formula is C9H16N2O3. The van der Waals surface area contributed by atoms with Crippen LogP contribution in [0, 0.1) is 0 Å². The number of carboxylic acids is 1. The van der Waals surface area contributed by atoms with Gasteiger partial charge in [-0.15, -0.1) is 0 Å². The molecule has 5 heteroatoms. The first-order valence-electron chi connectivity index (χ1n) is 4.78. The van der Waals surface area contributed by atoms with Gasteiger partial charge in [0.15, 0.2) is 0 Å². The molecule has 0 aromatic carbocycles. The van der Waals surface area contributed by atoms with Crippen molar-refractivity contribution in [1.29, 1.82) is 0 Å². The molecule has 1 rings (SSSR count). The Morgan fingerprint density at radius 3 is 2.71 bits per heavy atom. The molecular weight excluding hydrogens is 184 g/mol. The number of likely N-dealkylation sites (N-methyl/N-ethyl adjacent to an activating group) is 1. The number of hydrogen-bond acceptors (Lipinski definition) is 3. The second kappa shape index (κ2) is 4.41. The molecule has 0 aromatic heterocycles. The Morgan fingerprint density at radius 1 is 1.57 bits per heavy atom. The van der Waals surface area contributed by atoms with E-state index in [4.69, 9.17) is 5.11 Å². The van der Waals surface area contributed by atoms with Gasteiger partial charge in [-0.05, 0) is 26.8 Å². The number of carbonyl (C=O) groups excluding carboxylic acids is 1. The zero-order valence-corrected chi connectivity index (χ0v) is 8.49. The molecule has 0 saturated carbocycles. The van der Waals surface area contributed by atoms with E-state index in [1.807, 2.05) is 0 Å². The van der Waals surface area contributed by atoms with Crippen molar-refractivity contribution in [3.8, 4) is 0 Å². The topological polar surface area (TPSA) is 69.6 Å². The van der Waals surface area contributed by atoms with E-state index >= 15 is 0 Å². The highest BCUT2D eigenvalue weighted by atomic mass is 16.4. The fraction of sp³-hybridized carbons (Fsp3) is 0.778. The van der Waals surface area contributed by atoms with Gasteiger partial charge in [0.1, 0.15) is 6.04 Å². The van der Waals surface area contributed by atoms with Crippen LogP contribution in [0.3, 0.4) is 0 Å². The van der Waals surface area contributed by atoms with Gasteiger partial charge in [-0.25, -0.2) is 4.79 Å². The summed E-state index contributed by atoms with van der Waals surface area (Å²) in [6.45, 7) is 2.29. The number of amides is 1. The fourth-order valence-electron chi connectivity index (χ4n) is 1.66. The Labute approximate surface area is 83.1 Å². The summed E-state index contributed by atoms with van der Waals surface area (Å²) >= 11 is 0. The first kappa shape index (κ1) is 11.0. The van der Waals surface area contributed by atoms with Gasteiger partial charge in [0.2, 0.25) is 5.91 Å². The lowest BCUT2D eigenvalue weighted by molar-refractivity contribution is -0.148. The van der Waals surface area contributed by atoms with E-state index in [2.05, 4.69) is 5.32 Å². The largest absolute Gasteiger partial charge is 0.480 e. The monoisotopic (exact) mass is 200 g/mol. The van der Waals surface area contributed by atoms with Crippen molar-refractivity contribution in [3.63, 3.8) is 0 Å². The van der Waals surface area contributed by atoms with Crippen LogP contribution in [-0.4, -0.2) is 47.6 Å². The normalized spacial score (nSPS) is 23.6. The van der Waals surface area contributed by atoms with Gasteiger partial charge >= 0.3 is 5.97 Å². The molecule has 0 radical (unpaired) electrons. The lowest BCUT2D eigenvalue weighted by Gasteiger charge is -2.24. The van der Waals surface area contributed by atoms with Crippen LogP contribution in [0.25, 0.3) is 0 Å². The first-order valence-corrected chi connectivity index (χ1v) is 4.78. The molecule has 0 unspecified atom stereocenters. The van der Waals surface area contributed by atoms with E-state index in [0.717, 1.165) is 6.42 Å². The average molecular weight is 200 g/mol. The molecule has 1 aliphatic rings. The highest BCUT2D eigenvalue weighted by Crippen LogP contribution is 2.18. The number of likely N-dealkylation sites (tertiary alicyclic amines) is 1. The van der Waals surface area contributed by atoms with Crippen molar-refractivity contribution in [2.45, 2.75) is 31.8 Å². The van der Waals surface area contributed by atoms with Crippen molar-refractivity contribution < 1.29 is 14.7 Å². The number of carbonyl (C=O) groups is 2. The summed E-state index contributed by atoms with van der Waals surface area (Å²) < 4.78 is 0. The third-order valence-corrected chi connectivity index (χ3v) is 2.62. The fourth-order valence-corrected chi connectivity index (χ4v) is 1.66. The molecule has 0 spiro atoms. The molecule has 0 aliphatic carbocycles. The van der Waals surface area contributed by atoms with Gasteiger partial charge in [0.25, 0.3) is 0 Å². The maximum atomic E-state index is 11.7. The van der Waals surface area contributed by atoms with Crippen molar-refractivity contribution in [2.24, 2.45) is 0 Å². The molecule has 5 nitrogen and oxygen atoms in total. The number of aliphatic carboxylic acids is 1. The van der Waals surface area contributed by atoms with Crippen LogP contribution in [-0.2, 0) is 9.59 Å². The van der Waals surface area contributed by atoms with Gasteiger partial charge < -0.3 is 15.3 Å². The van der Waals surface area contributed by atoms with E-state index < -0.39 is 12.0 Å². The lowest BCUT2D eigenvalue weighted by atomic mass is 10.2. The van der Waals surface area contributed by atoms with Crippen LogP contribution in [0.4, 0.5) is 0 Å². The third-order valence-electron chi connectivity index (χ3n) is 2.62. The Bertz CT molecular complexity index is 242. The SMILES string of the molecule is CN[C@@H](C)C(=O)N1CCC[C@H]1C(=O)O. The summed E-state index contributed by atoms with van der Waals surface area (Å²) in [5, 5.41) is 11.7. The second-order valence-electron chi connectivity index (χ2n) is 3.54. The number of rotatable bonds is 3. The second-order valence-corrected chi connectivity index (χ2v) is 3.54. The van der Waals surface area contributed by atoms with E-state index in [-0.39, 0.29) is 11.9 Å². The van der Waals surface area contributed by atoms with E-state index in [1.165, 1.54) is 4.90 Å². The molecule has 1 aliphatic heterocycles. The molecule has 0 aromatic rings. The maximum Gasteiger partial charge on any atom is 0.326 e. The van der Waals surface area contributed by atoms with E-state index in [9.17, 15) is 9.59 Å². The first-order chi connectivity index (χ1) is 6.57. The summed E-state index contributed by atoms with van der Waals surface area (Å²) in [5.41, 5.74) is 0. The van der Waals surface area contributed by atoms with Gasteiger partial charge in [-0.2, -0.15) is 0 Å². The highest BCUT2D eigenvalue weighted by Gasteiger charge is 2.35. The average Bonchev–Trinajstić information content (AvgIpc) is 2.63. The van der Waals surface area contributed by atoms with Crippen molar-refractivity contribution in [1.82, 2.24) is 10.2 Å². The van der Waals surface area contributed by atoms with Crippen LogP contribution >= 0.6 is 0 Å². The van der Waals surface area contributed by atoms with Crippen LogP contribution in [0.5, 0.6) is 0 Å². The van der Waals surface area contributed by atoms with Crippen LogP contribution in [0.15, 0.2) is 0 Å². The molecule has 0 bridgehead atoms. The number of hydrogen-bond donors (Lipinski definition) is 2. The Kier molecular flexibility index (Phi) is 3.46. The Balaban J connectivity index is 2.67. The quantitative estimate of drug-likeness (QED) is 0.654. The van der Waals surface area contributed by atoms with E-state index in [1.54, 1.807) is 14.0 Å². The third kappa shape index (κ3) is 2.04. The molecule has 2 N–H and O–H groups in total. The van der Waals surface area contributed by atoms with Gasteiger partial charge in [0.05, 0.1) is 6.04 Å².